The minimum Gasteiger partial charge on any atom is -0.339 e. The minimum absolute atomic E-state index is 0.0726. The molecular weight excluding hydrogens is 394 g/mol. The molecule has 0 atom stereocenters. The summed E-state index contributed by atoms with van der Waals surface area (Å²) in [4.78, 5) is 17.5. The summed E-state index contributed by atoms with van der Waals surface area (Å²) < 4.78 is 3.89. The van der Waals surface area contributed by atoms with E-state index >= 15 is 0 Å². The molecule has 1 aromatic carbocycles. The molecule has 1 N–H and O–H groups in total. The number of hydrogen-bond acceptors (Lipinski definition) is 4. The second kappa shape index (κ2) is 7.91. The molecule has 1 amide bonds. The molecule has 3 aromatic heterocycles. The summed E-state index contributed by atoms with van der Waals surface area (Å²) in [5.74, 6) is -0.0726. The first-order valence-corrected chi connectivity index (χ1v) is 10.7. The van der Waals surface area contributed by atoms with Crippen molar-refractivity contribution in [3.05, 3.63) is 69.6 Å². The molecule has 0 radical (unpaired) electrons. The van der Waals surface area contributed by atoms with Crippen LogP contribution in [0.2, 0.25) is 0 Å². The molecule has 0 fully saturated rings. The third kappa shape index (κ3) is 3.68. The van der Waals surface area contributed by atoms with Gasteiger partial charge < -0.3 is 9.88 Å². The monoisotopic (exact) mass is 419 g/mol. The maximum Gasteiger partial charge on any atom is 0.244 e. The zero-order valence-electron chi connectivity index (χ0n) is 17.9. The Hall–Kier alpha value is -3.19. The van der Waals surface area contributed by atoms with Gasteiger partial charge in [-0.05, 0) is 52.8 Å². The molecule has 0 unspecified atom stereocenters. The minimum atomic E-state index is -0.0726. The first-order valence-electron chi connectivity index (χ1n) is 9.86. The number of carbonyl (C=O) groups excluding carboxylic acids is 1. The highest BCUT2D eigenvalue weighted by molar-refractivity contribution is 7.09. The number of hydrogen-bond donors (Lipinski definition) is 1. The van der Waals surface area contributed by atoms with Crippen LogP contribution >= 0.6 is 11.3 Å². The van der Waals surface area contributed by atoms with E-state index in [2.05, 4.69) is 26.8 Å². The third-order valence-corrected chi connectivity index (χ3v) is 6.10. The van der Waals surface area contributed by atoms with E-state index in [1.807, 2.05) is 74.2 Å². The lowest BCUT2D eigenvalue weighted by Gasteiger charge is -2.11. The van der Waals surface area contributed by atoms with E-state index in [4.69, 9.17) is 0 Å². The largest absolute Gasteiger partial charge is 0.339 e. The predicted octanol–water partition coefficient (Wildman–Crippen LogP) is 4.98. The van der Waals surface area contributed by atoms with Gasteiger partial charge in [-0.25, -0.2) is 9.67 Å². The molecule has 154 valence electrons. The van der Waals surface area contributed by atoms with E-state index < -0.39 is 0 Å². The fraction of sp³-hybridized carbons (Fsp3) is 0.261. The zero-order chi connectivity index (χ0) is 21.4. The molecular formula is C23H25N5OS. The number of para-hydroxylation sites is 1. The summed E-state index contributed by atoms with van der Waals surface area (Å²) in [6.07, 6.45) is 0. The summed E-state index contributed by atoms with van der Waals surface area (Å²) in [5, 5.41) is 10.8. The summed E-state index contributed by atoms with van der Waals surface area (Å²) in [6, 6.07) is 12.0. The zero-order valence-corrected chi connectivity index (χ0v) is 18.7. The third-order valence-electron chi connectivity index (χ3n) is 5.33. The van der Waals surface area contributed by atoms with E-state index in [9.17, 15) is 4.79 Å². The van der Waals surface area contributed by atoms with Gasteiger partial charge in [0.05, 0.1) is 33.5 Å². The second-order valence-electron chi connectivity index (χ2n) is 7.46. The first-order chi connectivity index (χ1) is 14.3. The van der Waals surface area contributed by atoms with E-state index in [1.54, 1.807) is 11.3 Å². The average molecular weight is 420 g/mol. The lowest BCUT2D eigenvalue weighted by molar-refractivity contribution is -0.116. The van der Waals surface area contributed by atoms with Crippen molar-refractivity contribution in [3.63, 3.8) is 0 Å². The number of carbonyl (C=O) groups is 1. The van der Waals surface area contributed by atoms with Crippen molar-refractivity contribution in [1.82, 2.24) is 19.3 Å². The van der Waals surface area contributed by atoms with Crippen molar-refractivity contribution in [2.75, 3.05) is 5.32 Å². The van der Waals surface area contributed by atoms with Crippen LogP contribution in [0.25, 0.3) is 16.9 Å². The highest BCUT2D eigenvalue weighted by Crippen LogP contribution is 2.28. The molecule has 4 aromatic rings. The average Bonchev–Trinajstić information content (AvgIpc) is 3.36. The van der Waals surface area contributed by atoms with Gasteiger partial charge in [0.25, 0.3) is 0 Å². The molecule has 0 bridgehead atoms. The van der Waals surface area contributed by atoms with Crippen molar-refractivity contribution >= 4 is 22.9 Å². The van der Waals surface area contributed by atoms with Crippen molar-refractivity contribution in [2.45, 2.75) is 41.2 Å². The van der Waals surface area contributed by atoms with Gasteiger partial charge in [-0.15, -0.1) is 11.3 Å². The molecule has 3 heterocycles. The highest BCUT2D eigenvalue weighted by atomic mass is 32.1. The second-order valence-corrected chi connectivity index (χ2v) is 8.53. The Kier molecular flexibility index (Phi) is 5.30. The van der Waals surface area contributed by atoms with Crippen molar-refractivity contribution in [2.24, 2.45) is 0 Å². The number of aryl methyl sites for hydroxylation is 3. The quantitative estimate of drug-likeness (QED) is 0.496. The van der Waals surface area contributed by atoms with Crippen LogP contribution in [-0.4, -0.2) is 25.2 Å². The van der Waals surface area contributed by atoms with Gasteiger partial charge in [0.1, 0.15) is 6.54 Å². The van der Waals surface area contributed by atoms with Gasteiger partial charge >= 0.3 is 0 Å². The van der Waals surface area contributed by atoms with Gasteiger partial charge in [-0.3, -0.25) is 4.79 Å². The Labute approximate surface area is 180 Å². The number of aromatic nitrogens is 4. The number of rotatable bonds is 5. The molecule has 0 aliphatic rings. The van der Waals surface area contributed by atoms with Crippen molar-refractivity contribution in [1.29, 1.82) is 0 Å². The fourth-order valence-corrected chi connectivity index (χ4v) is 4.37. The molecule has 0 aliphatic heterocycles. The van der Waals surface area contributed by atoms with Crippen LogP contribution in [0.3, 0.4) is 0 Å². The maximum atomic E-state index is 12.9. The van der Waals surface area contributed by atoms with Gasteiger partial charge in [0.15, 0.2) is 0 Å². The molecule has 6 nitrogen and oxygen atoms in total. The Morgan fingerprint density at radius 1 is 1.07 bits per heavy atom. The predicted molar refractivity (Wildman–Crippen MR) is 121 cm³/mol. The number of nitrogens with one attached hydrogen (secondary N) is 1. The van der Waals surface area contributed by atoms with Crippen LogP contribution in [0, 0.1) is 34.6 Å². The van der Waals surface area contributed by atoms with Gasteiger partial charge in [0, 0.05) is 22.3 Å². The maximum absolute atomic E-state index is 12.9. The van der Waals surface area contributed by atoms with Crippen molar-refractivity contribution < 1.29 is 4.79 Å². The lowest BCUT2D eigenvalue weighted by atomic mass is 10.2. The summed E-state index contributed by atoms with van der Waals surface area (Å²) in [5.41, 5.74) is 7.57. The molecule has 0 saturated heterocycles. The SMILES string of the molecule is Cc1nc(-c2cc(C)n(CC(=O)Nc3c(C)nn(-c4ccccc4)c3C)c2C)cs1. The highest BCUT2D eigenvalue weighted by Gasteiger charge is 2.18. The Balaban J connectivity index is 1.57. The summed E-state index contributed by atoms with van der Waals surface area (Å²) in [6.45, 7) is 10.2. The Bertz CT molecular complexity index is 1220. The van der Waals surface area contributed by atoms with Crippen LogP contribution in [0.5, 0.6) is 0 Å². The van der Waals surface area contributed by atoms with Crippen molar-refractivity contribution in [3.8, 4) is 16.9 Å². The van der Waals surface area contributed by atoms with E-state index in [0.29, 0.717) is 0 Å². The van der Waals surface area contributed by atoms with E-state index in [0.717, 1.165) is 50.4 Å². The number of amides is 1. The van der Waals surface area contributed by atoms with E-state index in [-0.39, 0.29) is 12.5 Å². The first kappa shape index (κ1) is 20.1. The molecule has 0 spiro atoms. The number of benzene rings is 1. The molecule has 7 heteroatoms. The molecule has 30 heavy (non-hydrogen) atoms. The number of anilines is 1. The number of thiazole rings is 1. The summed E-state index contributed by atoms with van der Waals surface area (Å²) in [7, 11) is 0. The molecule has 4 rings (SSSR count). The topological polar surface area (TPSA) is 64.7 Å². The fourth-order valence-electron chi connectivity index (χ4n) is 3.76. The Morgan fingerprint density at radius 3 is 2.47 bits per heavy atom. The van der Waals surface area contributed by atoms with Crippen LogP contribution < -0.4 is 5.32 Å². The Morgan fingerprint density at radius 2 is 1.80 bits per heavy atom. The van der Waals surface area contributed by atoms with Crippen LogP contribution in [0.1, 0.15) is 27.8 Å². The smallest absolute Gasteiger partial charge is 0.244 e. The normalized spacial score (nSPS) is 11.1. The van der Waals surface area contributed by atoms with E-state index in [1.165, 1.54) is 0 Å². The van der Waals surface area contributed by atoms with Crippen LogP contribution in [0.4, 0.5) is 5.69 Å². The molecule has 0 aliphatic carbocycles. The van der Waals surface area contributed by atoms with Crippen LogP contribution in [-0.2, 0) is 11.3 Å². The number of nitrogens with zero attached hydrogens (tertiary/aromatic N) is 4. The van der Waals surface area contributed by atoms with Gasteiger partial charge in [0.2, 0.25) is 5.91 Å². The standard InChI is InChI=1S/C23H25N5OS/c1-14-11-20(21-13-30-18(5)24-21)16(3)27(14)12-22(29)25-23-15(2)26-28(17(23)4)19-9-7-6-8-10-19/h6-11,13H,12H2,1-5H3,(H,25,29). The van der Waals surface area contributed by atoms with Gasteiger partial charge in [-0.1, -0.05) is 18.2 Å². The lowest BCUT2D eigenvalue weighted by Crippen LogP contribution is -2.21. The summed E-state index contributed by atoms with van der Waals surface area (Å²) >= 11 is 1.63. The molecule has 0 saturated carbocycles. The van der Waals surface area contributed by atoms with Gasteiger partial charge in [-0.2, -0.15) is 5.10 Å². The van der Waals surface area contributed by atoms with Crippen LogP contribution in [0.15, 0.2) is 41.8 Å².